The van der Waals surface area contributed by atoms with E-state index >= 15 is 0 Å². The van der Waals surface area contributed by atoms with Crippen LogP contribution in [0.2, 0.25) is 0 Å². The van der Waals surface area contributed by atoms with Crippen molar-refractivity contribution in [1.29, 1.82) is 0 Å². The van der Waals surface area contributed by atoms with Gasteiger partial charge in [0.15, 0.2) is 0 Å². The van der Waals surface area contributed by atoms with Gasteiger partial charge in [-0.1, -0.05) is 12.1 Å². The number of hydrogen-bond donors (Lipinski definition) is 1. The van der Waals surface area contributed by atoms with Gasteiger partial charge in [0, 0.05) is 24.4 Å². The normalized spacial score (nSPS) is 18.1. The molecule has 3 rings (SSSR count). The van der Waals surface area contributed by atoms with Crippen molar-refractivity contribution in [3.8, 4) is 16.9 Å². The Labute approximate surface area is 122 Å². The van der Waals surface area contributed by atoms with E-state index in [4.69, 9.17) is 4.74 Å². The molecule has 1 aromatic heterocycles. The Bertz CT molecular complexity index is 636. The number of carbonyl (C=O) groups excluding carboxylic acids is 1. The van der Waals surface area contributed by atoms with Crippen LogP contribution < -0.4 is 10.1 Å². The van der Waals surface area contributed by atoms with E-state index in [0.29, 0.717) is 36.3 Å². The van der Waals surface area contributed by atoms with Gasteiger partial charge in [0.1, 0.15) is 17.7 Å². The number of pyridine rings is 1. The standard InChI is InChI=1S/C16H15FN2O2/c17-13-4-1-5-14(16(13)11-3-2-8-18-9-11)21-12-6-7-15(20)19-10-12/h1-5,8-9,12H,6-7,10H2,(H,19,20). The molecule has 1 aromatic carbocycles. The molecule has 0 saturated carbocycles. The number of nitrogens with one attached hydrogen (secondary N) is 1. The van der Waals surface area contributed by atoms with Crippen LogP contribution in [-0.4, -0.2) is 23.5 Å². The monoisotopic (exact) mass is 286 g/mol. The van der Waals surface area contributed by atoms with Crippen LogP contribution in [0.15, 0.2) is 42.7 Å². The Hall–Kier alpha value is -2.43. The maximum absolute atomic E-state index is 14.2. The number of carbonyl (C=O) groups is 1. The second-order valence-corrected chi connectivity index (χ2v) is 4.94. The average molecular weight is 286 g/mol. The molecule has 2 aromatic rings. The van der Waals surface area contributed by atoms with Crippen LogP contribution in [-0.2, 0) is 4.79 Å². The largest absolute Gasteiger partial charge is 0.488 e. The first-order valence-corrected chi connectivity index (χ1v) is 6.86. The van der Waals surface area contributed by atoms with Crippen LogP contribution in [0.3, 0.4) is 0 Å². The summed E-state index contributed by atoms with van der Waals surface area (Å²) in [5, 5.41) is 2.76. The number of benzene rings is 1. The van der Waals surface area contributed by atoms with E-state index in [1.54, 1.807) is 36.7 Å². The highest BCUT2D eigenvalue weighted by Crippen LogP contribution is 2.33. The lowest BCUT2D eigenvalue weighted by atomic mass is 10.1. The van der Waals surface area contributed by atoms with Gasteiger partial charge in [-0.25, -0.2) is 4.39 Å². The summed E-state index contributed by atoms with van der Waals surface area (Å²) in [7, 11) is 0. The fourth-order valence-electron chi connectivity index (χ4n) is 2.38. The minimum atomic E-state index is -0.347. The summed E-state index contributed by atoms with van der Waals surface area (Å²) in [4.78, 5) is 15.2. The lowest BCUT2D eigenvalue weighted by Crippen LogP contribution is -2.40. The van der Waals surface area contributed by atoms with Gasteiger partial charge >= 0.3 is 0 Å². The van der Waals surface area contributed by atoms with Crippen molar-refractivity contribution in [3.63, 3.8) is 0 Å². The van der Waals surface area contributed by atoms with E-state index in [1.165, 1.54) is 6.07 Å². The predicted molar refractivity (Wildman–Crippen MR) is 76.3 cm³/mol. The highest BCUT2D eigenvalue weighted by Gasteiger charge is 2.21. The van der Waals surface area contributed by atoms with E-state index in [0.717, 1.165) is 0 Å². The molecule has 0 aliphatic carbocycles. The van der Waals surface area contributed by atoms with Crippen LogP contribution >= 0.6 is 0 Å². The van der Waals surface area contributed by atoms with Gasteiger partial charge in [-0.05, 0) is 24.6 Å². The van der Waals surface area contributed by atoms with E-state index in [1.807, 2.05) is 0 Å². The van der Waals surface area contributed by atoms with E-state index < -0.39 is 0 Å². The van der Waals surface area contributed by atoms with Crippen molar-refractivity contribution in [3.05, 3.63) is 48.5 Å². The molecule has 0 bridgehead atoms. The first-order valence-electron chi connectivity index (χ1n) is 6.86. The van der Waals surface area contributed by atoms with Gasteiger partial charge < -0.3 is 10.1 Å². The van der Waals surface area contributed by atoms with E-state index in [9.17, 15) is 9.18 Å². The summed E-state index contributed by atoms with van der Waals surface area (Å²) >= 11 is 0. The third-order valence-electron chi connectivity index (χ3n) is 3.44. The van der Waals surface area contributed by atoms with Gasteiger partial charge in [0.25, 0.3) is 0 Å². The third kappa shape index (κ3) is 3.02. The molecule has 1 N–H and O–H groups in total. The van der Waals surface area contributed by atoms with Crippen molar-refractivity contribution in [2.75, 3.05) is 6.54 Å². The minimum Gasteiger partial charge on any atom is -0.488 e. The second kappa shape index (κ2) is 5.91. The highest BCUT2D eigenvalue weighted by molar-refractivity contribution is 5.76. The SMILES string of the molecule is O=C1CCC(Oc2cccc(F)c2-c2cccnc2)CN1. The summed E-state index contributed by atoms with van der Waals surface area (Å²) in [6, 6.07) is 8.30. The Morgan fingerprint density at radius 3 is 2.90 bits per heavy atom. The summed E-state index contributed by atoms with van der Waals surface area (Å²) in [6.07, 6.45) is 4.17. The Morgan fingerprint density at radius 1 is 1.29 bits per heavy atom. The number of halogens is 1. The molecule has 0 spiro atoms. The molecule has 2 heterocycles. The number of rotatable bonds is 3. The first kappa shape index (κ1) is 13.5. The fraction of sp³-hybridized carbons (Fsp3) is 0.250. The molecule has 1 atom stereocenters. The molecule has 1 aliphatic rings. The van der Waals surface area contributed by atoms with Crippen LogP contribution in [0.4, 0.5) is 4.39 Å². The van der Waals surface area contributed by atoms with Crippen LogP contribution in [0, 0.1) is 5.82 Å². The Morgan fingerprint density at radius 2 is 2.19 bits per heavy atom. The zero-order valence-electron chi connectivity index (χ0n) is 11.4. The van der Waals surface area contributed by atoms with Crippen molar-refractivity contribution in [2.24, 2.45) is 0 Å². The quantitative estimate of drug-likeness (QED) is 0.943. The van der Waals surface area contributed by atoms with Gasteiger partial charge in [-0.2, -0.15) is 0 Å². The molecule has 0 radical (unpaired) electrons. The fourth-order valence-corrected chi connectivity index (χ4v) is 2.38. The van der Waals surface area contributed by atoms with Gasteiger partial charge in [-0.3, -0.25) is 9.78 Å². The molecule has 21 heavy (non-hydrogen) atoms. The molecule has 108 valence electrons. The van der Waals surface area contributed by atoms with Crippen molar-refractivity contribution < 1.29 is 13.9 Å². The average Bonchev–Trinajstić information content (AvgIpc) is 2.51. The summed E-state index contributed by atoms with van der Waals surface area (Å²) in [5.74, 6) is 0.158. The zero-order valence-corrected chi connectivity index (χ0v) is 11.4. The summed E-state index contributed by atoms with van der Waals surface area (Å²) in [5.41, 5.74) is 1.08. The summed E-state index contributed by atoms with van der Waals surface area (Å²) in [6.45, 7) is 0.446. The maximum Gasteiger partial charge on any atom is 0.220 e. The highest BCUT2D eigenvalue weighted by atomic mass is 19.1. The number of aromatic nitrogens is 1. The molecule has 4 nitrogen and oxygen atoms in total. The van der Waals surface area contributed by atoms with E-state index in [2.05, 4.69) is 10.3 Å². The molecule has 1 aliphatic heterocycles. The second-order valence-electron chi connectivity index (χ2n) is 4.94. The minimum absolute atomic E-state index is 0.0292. The van der Waals surface area contributed by atoms with Crippen molar-refractivity contribution >= 4 is 5.91 Å². The van der Waals surface area contributed by atoms with Crippen LogP contribution in [0.25, 0.3) is 11.1 Å². The molecular weight excluding hydrogens is 271 g/mol. The topological polar surface area (TPSA) is 51.2 Å². The Balaban J connectivity index is 1.89. The predicted octanol–water partition coefficient (Wildman–Crippen LogP) is 2.55. The lowest BCUT2D eigenvalue weighted by molar-refractivity contribution is -0.123. The number of ether oxygens (including phenoxy) is 1. The smallest absolute Gasteiger partial charge is 0.220 e. The van der Waals surface area contributed by atoms with Crippen LogP contribution in [0.5, 0.6) is 5.75 Å². The number of piperidine rings is 1. The van der Waals surface area contributed by atoms with E-state index in [-0.39, 0.29) is 17.8 Å². The van der Waals surface area contributed by atoms with Gasteiger partial charge in [0.2, 0.25) is 5.91 Å². The molecule has 1 saturated heterocycles. The molecule has 5 heteroatoms. The Kier molecular flexibility index (Phi) is 3.81. The number of amides is 1. The summed E-state index contributed by atoms with van der Waals surface area (Å²) < 4.78 is 20.1. The molecule has 1 unspecified atom stereocenters. The van der Waals surface area contributed by atoms with Gasteiger partial charge in [-0.15, -0.1) is 0 Å². The first-order chi connectivity index (χ1) is 10.2. The van der Waals surface area contributed by atoms with Crippen LogP contribution in [0.1, 0.15) is 12.8 Å². The third-order valence-corrected chi connectivity index (χ3v) is 3.44. The molecular formula is C16H15FN2O2. The van der Waals surface area contributed by atoms with Crippen molar-refractivity contribution in [2.45, 2.75) is 18.9 Å². The molecule has 1 fully saturated rings. The number of hydrogen-bond acceptors (Lipinski definition) is 3. The van der Waals surface area contributed by atoms with Gasteiger partial charge in [0.05, 0.1) is 12.1 Å². The zero-order chi connectivity index (χ0) is 14.7. The number of nitrogens with zero attached hydrogens (tertiary/aromatic N) is 1. The van der Waals surface area contributed by atoms with Crippen molar-refractivity contribution in [1.82, 2.24) is 10.3 Å². The maximum atomic E-state index is 14.2. The lowest BCUT2D eigenvalue weighted by Gasteiger charge is -2.25. The molecule has 1 amide bonds.